The number of phenols is 1. The molecule has 0 fully saturated rings. The molecule has 19 heavy (non-hydrogen) atoms. The molecule has 0 bridgehead atoms. The molecule has 100 valence electrons. The fourth-order valence-corrected chi connectivity index (χ4v) is 1.73. The van der Waals surface area contributed by atoms with E-state index in [9.17, 15) is 14.7 Å². The normalized spacial score (nSPS) is 12.9. The highest BCUT2D eigenvalue weighted by Gasteiger charge is 2.34. The average molecular weight is 262 g/mol. The van der Waals surface area contributed by atoms with E-state index in [1.165, 1.54) is 26.2 Å². The lowest BCUT2D eigenvalue weighted by Gasteiger charge is -2.26. The minimum atomic E-state index is -1.22. The van der Waals surface area contributed by atoms with Gasteiger partial charge in [0.25, 0.3) is 0 Å². The van der Waals surface area contributed by atoms with Crippen molar-refractivity contribution in [2.75, 3.05) is 7.11 Å². The zero-order valence-corrected chi connectivity index (χ0v) is 10.6. The molecule has 0 aliphatic carbocycles. The molecule has 2 N–H and O–H groups in total. The Kier molecular flexibility index (Phi) is 4.48. The van der Waals surface area contributed by atoms with Crippen LogP contribution in [0.2, 0.25) is 0 Å². The summed E-state index contributed by atoms with van der Waals surface area (Å²) in [5, 5.41) is 20.6. The molecule has 0 saturated heterocycles. The Morgan fingerprint density at radius 3 is 2.84 bits per heavy atom. The lowest BCUT2D eigenvalue weighted by atomic mass is 9.92. The van der Waals surface area contributed by atoms with E-state index in [1.54, 1.807) is 6.07 Å². The van der Waals surface area contributed by atoms with Crippen LogP contribution in [0.25, 0.3) is 0 Å². The highest BCUT2D eigenvalue weighted by Crippen LogP contribution is 2.21. The summed E-state index contributed by atoms with van der Waals surface area (Å²) in [7, 11) is 1.23. The minimum absolute atomic E-state index is 0.107. The SMILES string of the molecule is COC(=O)[C@](C)(Cc1ccc(O)c(C#N)c1)NC=O. The summed E-state index contributed by atoms with van der Waals surface area (Å²) < 4.78 is 4.65. The largest absolute Gasteiger partial charge is 0.507 e. The van der Waals surface area contributed by atoms with Crippen molar-refractivity contribution in [1.82, 2.24) is 5.32 Å². The van der Waals surface area contributed by atoms with Crippen molar-refractivity contribution in [3.05, 3.63) is 29.3 Å². The van der Waals surface area contributed by atoms with Crippen LogP contribution in [-0.4, -0.2) is 30.1 Å². The van der Waals surface area contributed by atoms with E-state index in [0.717, 1.165) is 0 Å². The van der Waals surface area contributed by atoms with Gasteiger partial charge in [-0.1, -0.05) is 6.07 Å². The van der Waals surface area contributed by atoms with Crippen LogP contribution in [0.15, 0.2) is 18.2 Å². The van der Waals surface area contributed by atoms with Crippen molar-refractivity contribution in [2.45, 2.75) is 18.9 Å². The summed E-state index contributed by atoms with van der Waals surface area (Å²) in [5.41, 5.74) is -0.493. The van der Waals surface area contributed by atoms with E-state index in [-0.39, 0.29) is 17.7 Å². The molecular weight excluding hydrogens is 248 g/mol. The molecule has 0 radical (unpaired) electrons. The van der Waals surface area contributed by atoms with Gasteiger partial charge in [-0.2, -0.15) is 5.26 Å². The molecule has 0 aliphatic heterocycles. The molecule has 6 nitrogen and oxygen atoms in total. The summed E-state index contributed by atoms with van der Waals surface area (Å²) in [6.07, 6.45) is 0.565. The Hall–Kier alpha value is -2.55. The maximum atomic E-state index is 11.7. The van der Waals surface area contributed by atoms with Gasteiger partial charge in [-0.25, -0.2) is 4.79 Å². The van der Waals surface area contributed by atoms with Gasteiger partial charge in [0.2, 0.25) is 6.41 Å². The molecule has 1 atom stereocenters. The van der Waals surface area contributed by atoms with Crippen molar-refractivity contribution in [2.24, 2.45) is 0 Å². The smallest absolute Gasteiger partial charge is 0.331 e. The second-order valence-electron chi connectivity index (χ2n) is 4.23. The number of nitrogens with zero attached hydrogens (tertiary/aromatic N) is 1. The van der Waals surface area contributed by atoms with Crippen LogP contribution in [0.5, 0.6) is 5.75 Å². The fourth-order valence-electron chi connectivity index (χ4n) is 1.73. The monoisotopic (exact) mass is 262 g/mol. The quantitative estimate of drug-likeness (QED) is 0.594. The first-order valence-corrected chi connectivity index (χ1v) is 5.48. The van der Waals surface area contributed by atoms with Crippen molar-refractivity contribution < 1.29 is 19.4 Å². The molecule has 1 rings (SSSR count). The van der Waals surface area contributed by atoms with Gasteiger partial charge in [-0.3, -0.25) is 4.79 Å². The van der Waals surface area contributed by atoms with Gasteiger partial charge in [0.1, 0.15) is 17.4 Å². The standard InChI is InChI=1S/C13H14N2O4/c1-13(15-8-16,12(18)19-2)6-9-3-4-11(17)10(5-9)7-14/h3-5,8,17H,6H2,1-2H3,(H,15,16)/t13-/m0/s1. The number of carbonyl (C=O) groups excluding carboxylic acids is 2. The number of rotatable bonds is 5. The number of ether oxygens (including phenoxy) is 1. The maximum Gasteiger partial charge on any atom is 0.331 e. The number of methoxy groups -OCH3 is 1. The summed E-state index contributed by atoms with van der Waals surface area (Å²) in [6.45, 7) is 1.52. The number of amides is 1. The zero-order valence-electron chi connectivity index (χ0n) is 10.6. The van der Waals surface area contributed by atoms with Gasteiger partial charge in [0, 0.05) is 6.42 Å². The topological polar surface area (TPSA) is 99.4 Å². The Morgan fingerprint density at radius 2 is 2.32 bits per heavy atom. The Labute approximate surface area is 110 Å². The highest BCUT2D eigenvalue weighted by atomic mass is 16.5. The number of aromatic hydroxyl groups is 1. The molecule has 0 saturated carbocycles. The Bertz CT molecular complexity index is 536. The maximum absolute atomic E-state index is 11.7. The van der Waals surface area contributed by atoms with E-state index in [0.29, 0.717) is 12.0 Å². The van der Waals surface area contributed by atoms with Crippen LogP contribution in [0.1, 0.15) is 18.1 Å². The molecule has 1 aromatic rings. The predicted molar refractivity (Wildman–Crippen MR) is 66.1 cm³/mol. The Balaban J connectivity index is 3.07. The van der Waals surface area contributed by atoms with E-state index in [2.05, 4.69) is 10.1 Å². The fraction of sp³-hybridized carbons (Fsp3) is 0.308. The lowest BCUT2D eigenvalue weighted by molar-refractivity contribution is -0.148. The third-order valence-corrected chi connectivity index (χ3v) is 2.75. The third kappa shape index (κ3) is 3.22. The summed E-state index contributed by atoms with van der Waals surface area (Å²) >= 11 is 0. The van der Waals surface area contributed by atoms with Gasteiger partial charge < -0.3 is 15.2 Å². The lowest BCUT2D eigenvalue weighted by Crippen LogP contribution is -2.51. The molecular formula is C13H14N2O4. The molecule has 0 spiro atoms. The number of nitrogens with one attached hydrogen (secondary N) is 1. The second-order valence-corrected chi connectivity index (χ2v) is 4.23. The van der Waals surface area contributed by atoms with E-state index >= 15 is 0 Å². The second kappa shape index (κ2) is 5.87. The molecule has 6 heteroatoms. The number of esters is 1. The van der Waals surface area contributed by atoms with Crippen molar-refractivity contribution in [1.29, 1.82) is 5.26 Å². The third-order valence-electron chi connectivity index (χ3n) is 2.75. The van der Waals surface area contributed by atoms with Gasteiger partial charge in [0.05, 0.1) is 12.7 Å². The molecule has 1 amide bonds. The molecule has 0 unspecified atom stereocenters. The van der Waals surface area contributed by atoms with Crippen LogP contribution in [0, 0.1) is 11.3 Å². The molecule has 0 heterocycles. The molecule has 0 aromatic heterocycles. The van der Waals surface area contributed by atoms with Gasteiger partial charge in [-0.05, 0) is 24.6 Å². The first-order valence-electron chi connectivity index (χ1n) is 5.48. The first-order chi connectivity index (χ1) is 8.96. The summed E-state index contributed by atoms with van der Waals surface area (Å²) in [4.78, 5) is 22.3. The Morgan fingerprint density at radius 1 is 1.63 bits per heavy atom. The zero-order chi connectivity index (χ0) is 14.5. The highest BCUT2D eigenvalue weighted by molar-refractivity contribution is 5.83. The number of nitriles is 1. The van der Waals surface area contributed by atoms with Crippen LogP contribution in [0.4, 0.5) is 0 Å². The van der Waals surface area contributed by atoms with Crippen LogP contribution in [0.3, 0.4) is 0 Å². The van der Waals surface area contributed by atoms with E-state index in [1.807, 2.05) is 6.07 Å². The average Bonchev–Trinajstić information content (AvgIpc) is 2.40. The van der Waals surface area contributed by atoms with E-state index < -0.39 is 11.5 Å². The number of carbonyl (C=O) groups is 2. The minimum Gasteiger partial charge on any atom is -0.507 e. The van der Waals surface area contributed by atoms with Crippen molar-refractivity contribution in [3.8, 4) is 11.8 Å². The van der Waals surface area contributed by atoms with Gasteiger partial charge >= 0.3 is 5.97 Å². The summed E-state index contributed by atoms with van der Waals surface area (Å²) in [5.74, 6) is -0.722. The summed E-state index contributed by atoms with van der Waals surface area (Å²) in [6, 6.07) is 6.24. The van der Waals surface area contributed by atoms with Crippen LogP contribution < -0.4 is 5.32 Å². The van der Waals surface area contributed by atoms with Crippen LogP contribution >= 0.6 is 0 Å². The molecule has 0 aliphatic rings. The number of hydrogen-bond donors (Lipinski definition) is 2. The number of benzene rings is 1. The predicted octanol–water partition coefficient (Wildman–Crippen LogP) is 0.484. The van der Waals surface area contributed by atoms with Crippen molar-refractivity contribution >= 4 is 12.4 Å². The first kappa shape index (κ1) is 14.5. The molecule has 1 aromatic carbocycles. The number of hydrogen-bond acceptors (Lipinski definition) is 5. The number of phenolic OH excluding ortho intramolecular Hbond substituents is 1. The van der Waals surface area contributed by atoms with Gasteiger partial charge in [-0.15, -0.1) is 0 Å². The van der Waals surface area contributed by atoms with Crippen LogP contribution in [-0.2, 0) is 20.7 Å². The van der Waals surface area contributed by atoms with Crippen molar-refractivity contribution in [3.63, 3.8) is 0 Å². The van der Waals surface area contributed by atoms with Gasteiger partial charge in [0.15, 0.2) is 0 Å². The van der Waals surface area contributed by atoms with E-state index in [4.69, 9.17) is 5.26 Å².